The summed E-state index contributed by atoms with van der Waals surface area (Å²) >= 11 is 0. The van der Waals surface area contributed by atoms with Gasteiger partial charge in [0, 0.05) is 0 Å². The second-order valence-electron chi connectivity index (χ2n) is 4.72. The van der Waals surface area contributed by atoms with Gasteiger partial charge in [-0.3, -0.25) is 0 Å². The van der Waals surface area contributed by atoms with Crippen molar-refractivity contribution in [3.63, 3.8) is 0 Å². The molecule has 0 saturated carbocycles. The van der Waals surface area contributed by atoms with Gasteiger partial charge >= 0.3 is 8.03 Å². The van der Waals surface area contributed by atoms with Gasteiger partial charge in [-0.15, -0.1) is 4.52 Å². The quantitative estimate of drug-likeness (QED) is 0.314. The Hall–Kier alpha value is 0.0600. The highest BCUT2D eigenvalue weighted by atomic mass is 31.1. The Kier molecular flexibility index (Phi) is 14.2. The van der Waals surface area contributed by atoms with Crippen LogP contribution in [0.5, 0.6) is 0 Å². The Bertz CT molecular complexity index is 172. The Morgan fingerprint density at radius 3 is 1.88 bits per heavy atom. The lowest BCUT2D eigenvalue weighted by Gasteiger charge is -1.98. The molecule has 2 nitrogen and oxygen atoms in total. The largest absolute Gasteiger partial charge is 0.508 e. The molecular formula is C14H30O2P+. The third-order valence-electron chi connectivity index (χ3n) is 2.93. The first kappa shape index (κ1) is 17.1. The predicted molar refractivity (Wildman–Crippen MR) is 75.9 cm³/mol. The van der Waals surface area contributed by atoms with E-state index >= 15 is 0 Å². The smallest absolute Gasteiger partial charge is 0.146 e. The molecule has 0 radical (unpaired) electrons. The Morgan fingerprint density at radius 1 is 0.765 bits per heavy atom. The Morgan fingerprint density at radius 2 is 1.29 bits per heavy atom. The van der Waals surface area contributed by atoms with Crippen molar-refractivity contribution in [2.75, 3.05) is 12.8 Å². The van der Waals surface area contributed by atoms with Gasteiger partial charge in [0.2, 0.25) is 0 Å². The monoisotopic (exact) mass is 261 g/mol. The molecule has 0 aliphatic carbocycles. The fraction of sp³-hybridized carbons (Fsp3) is 1.00. The first-order chi connectivity index (χ1) is 8.31. The summed E-state index contributed by atoms with van der Waals surface area (Å²) in [7, 11) is -1.37. The molecule has 0 aliphatic heterocycles. The van der Waals surface area contributed by atoms with Crippen molar-refractivity contribution < 1.29 is 9.09 Å². The zero-order valence-corrected chi connectivity index (χ0v) is 12.6. The van der Waals surface area contributed by atoms with Gasteiger partial charge in [-0.05, 0) is 23.8 Å². The molecular weight excluding hydrogens is 231 g/mol. The van der Waals surface area contributed by atoms with Crippen LogP contribution in [0.3, 0.4) is 0 Å². The molecule has 0 spiro atoms. The van der Waals surface area contributed by atoms with Crippen LogP contribution in [0.2, 0.25) is 0 Å². The molecule has 3 heteroatoms. The number of hydrogen-bond donors (Lipinski definition) is 0. The van der Waals surface area contributed by atoms with E-state index < -0.39 is 8.03 Å². The summed E-state index contributed by atoms with van der Waals surface area (Å²) in [6.07, 6.45) is 13.2. The highest BCUT2D eigenvalue weighted by molar-refractivity contribution is 7.39. The lowest BCUT2D eigenvalue weighted by Crippen LogP contribution is -1.89. The van der Waals surface area contributed by atoms with Gasteiger partial charge in [-0.2, -0.15) is 0 Å². The molecule has 0 bridgehead atoms. The average Bonchev–Trinajstić information content (AvgIpc) is 2.33. The maximum absolute atomic E-state index is 11.4. The maximum atomic E-state index is 11.4. The minimum Gasteiger partial charge on any atom is -0.146 e. The highest BCUT2D eigenvalue weighted by Gasteiger charge is 2.15. The van der Waals surface area contributed by atoms with E-state index in [2.05, 4.69) is 13.8 Å². The zero-order chi connectivity index (χ0) is 12.8. The summed E-state index contributed by atoms with van der Waals surface area (Å²) in [6, 6.07) is 0. The predicted octanol–water partition coefficient (Wildman–Crippen LogP) is 5.69. The van der Waals surface area contributed by atoms with Gasteiger partial charge in [0.15, 0.2) is 6.16 Å². The van der Waals surface area contributed by atoms with E-state index in [0.29, 0.717) is 6.61 Å². The molecule has 0 aromatic heterocycles. The third kappa shape index (κ3) is 14.0. The summed E-state index contributed by atoms with van der Waals surface area (Å²) in [6.45, 7) is 5.03. The van der Waals surface area contributed by atoms with Crippen LogP contribution in [-0.4, -0.2) is 12.8 Å². The van der Waals surface area contributed by atoms with Crippen molar-refractivity contribution in [3.8, 4) is 0 Å². The molecule has 0 saturated heterocycles. The zero-order valence-electron chi connectivity index (χ0n) is 11.7. The summed E-state index contributed by atoms with van der Waals surface area (Å²) < 4.78 is 16.7. The SMILES string of the molecule is CCCCCCCCCC[P+](=O)OCCCC. The molecule has 0 amide bonds. The van der Waals surface area contributed by atoms with E-state index in [-0.39, 0.29) is 0 Å². The van der Waals surface area contributed by atoms with Crippen LogP contribution in [0.4, 0.5) is 0 Å². The fourth-order valence-corrected chi connectivity index (χ4v) is 2.69. The Balaban J connectivity index is 3.08. The standard InChI is InChI=1S/C14H30O2P/c1-3-5-7-8-9-10-11-12-14-17(15)16-13-6-4-2/h3-14H2,1-2H3/q+1. The number of unbranched alkanes of at least 4 members (excludes halogenated alkanes) is 8. The fourth-order valence-electron chi connectivity index (χ4n) is 1.75. The third-order valence-corrected chi connectivity index (χ3v) is 4.08. The van der Waals surface area contributed by atoms with E-state index in [1.54, 1.807) is 0 Å². The molecule has 0 aromatic rings. The van der Waals surface area contributed by atoms with Crippen molar-refractivity contribution >= 4 is 8.03 Å². The van der Waals surface area contributed by atoms with Crippen molar-refractivity contribution in [3.05, 3.63) is 0 Å². The lowest BCUT2D eigenvalue weighted by atomic mass is 10.1. The van der Waals surface area contributed by atoms with Crippen LogP contribution >= 0.6 is 8.03 Å². The summed E-state index contributed by atoms with van der Waals surface area (Å²) in [5.41, 5.74) is 0. The van der Waals surface area contributed by atoms with Crippen molar-refractivity contribution in [2.45, 2.75) is 78.1 Å². The molecule has 1 unspecified atom stereocenters. The summed E-state index contributed by atoms with van der Waals surface area (Å²) in [4.78, 5) is 0. The van der Waals surface area contributed by atoms with Crippen LogP contribution in [-0.2, 0) is 9.09 Å². The van der Waals surface area contributed by atoms with Gasteiger partial charge in [-0.25, -0.2) is 0 Å². The van der Waals surface area contributed by atoms with E-state index in [0.717, 1.165) is 25.4 Å². The van der Waals surface area contributed by atoms with E-state index in [4.69, 9.17) is 4.52 Å². The van der Waals surface area contributed by atoms with E-state index in [1.165, 1.54) is 44.9 Å². The van der Waals surface area contributed by atoms with Gasteiger partial charge in [0.05, 0.1) is 0 Å². The van der Waals surface area contributed by atoms with Gasteiger partial charge < -0.3 is 0 Å². The molecule has 17 heavy (non-hydrogen) atoms. The molecule has 0 N–H and O–H groups in total. The summed E-state index contributed by atoms with van der Waals surface area (Å²) in [5.74, 6) is 0. The van der Waals surface area contributed by atoms with Crippen molar-refractivity contribution in [2.24, 2.45) is 0 Å². The molecule has 1 atom stereocenters. The minimum atomic E-state index is -1.37. The topological polar surface area (TPSA) is 26.3 Å². The normalized spacial score (nSPS) is 11.8. The molecule has 0 heterocycles. The molecule has 0 rings (SSSR count). The van der Waals surface area contributed by atoms with Crippen molar-refractivity contribution in [1.82, 2.24) is 0 Å². The second-order valence-corrected chi connectivity index (χ2v) is 6.09. The van der Waals surface area contributed by atoms with Crippen LogP contribution in [0.25, 0.3) is 0 Å². The van der Waals surface area contributed by atoms with Crippen LogP contribution in [0.15, 0.2) is 0 Å². The first-order valence-electron chi connectivity index (χ1n) is 7.38. The molecule has 0 aromatic carbocycles. The van der Waals surface area contributed by atoms with E-state index in [9.17, 15) is 4.57 Å². The average molecular weight is 261 g/mol. The molecule has 0 fully saturated rings. The summed E-state index contributed by atoms with van der Waals surface area (Å²) in [5, 5.41) is 0. The van der Waals surface area contributed by atoms with E-state index in [1.807, 2.05) is 0 Å². The van der Waals surface area contributed by atoms with Crippen molar-refractivity contribution in [1.29, 1.82) is 0 Å². The van der Waals surface area contributed by atoms with Crippen LogP contribution in [0.1, 0.15) is 78.1 Å². The first-order valence-corrected chi connectivity index (χ1v) is 8.75. The van der Waals surface area contributed by atoms with Gasteiger partial charge in [0.25, 0.3) is 0 Å². The lowest BCUT2D eigenvalue weighted by molar-refractivity contribution is 0.320. The van der Waals surface area contributed by atoms with Gasteiger partial charge in [-0.1, -0.05) is 58.8 Å². The van der Waals surface area contributed by atoms with Crippen LogP contribution in [0, 0.1) is 0 Å². The minimum absolute atomic E-state index is 0.669. The molecule has 102 valence electrons. The molecule has 0 aliphatic rings. The number of rotatable bonds is 13. The van der Waals surface area contributed by atoms with Gasteiger partial charge in [0.1, 0.15) is 6.61 Å². The Labute approximate surface area is 108 Å². The van der Waals surface area contributed by atoms with Crippen LogP contribution < -0.4 is 0 Å². The number of hydrogen-bond acceptors (Lipinski definition) is 2. The second kappa shape index (κ2) is 14.1. The highest BCUT2D eigenvalue weighted by Crippen LogP contribution is 2.24. The maximum Gasteiger partial charge on any atom is 0.508 e.